The van der Waals surface area contributed by atoms with E-state index in [0.717, 1.165) is 58.7 Å². The average molecular weight is 574 g/mol. The highest BCUT2D eigenvalue weighted by Crippen LogP contribution is 2.54. The highest BCUT2D eigenvalue weighted by atomic mass is 31.2. The fourth-order valence-corrected chi connectivity index (χ4v) is 4.94. The van der Waals surface area contributed by atoms with Crippen LogP contribution in [0.2, 0.25) is 0 Å². The first-order valence-corrected chi connectivity index (χ1v) is 14.8. The van der Waals surface area contributed by atoms with Gasteiger partial charge in [0.2, 0.25) is 0 Å². The molecule has 2 aromatic heterocycles. The summed E-state index contributed by atoms with van der Waals surface area (Å²) in [4.78, 5) is 26.5. The number of hydrogen-bond acceptors (Lipinski definition) is 6. The normalized spacial score (nSPS) is 12.3. The molecule has 0 atom stereocenters. The summed E-state index contributed by atoms with van der Waals surface area (Å²) in [5, 5.41) is 2.03. The van der Waals surface area contributed by atoms with E-state index in [1.54, 1.807) is 0 Å². The van der Waals surface area contributed by atoms with E-state index in [9.17, 15) is 13.3 Å². The van der Waals surface area contributed by atoms with Crippen LogP contribution in [-0.2, 0) is 28.6 Å². The highest BCUT2D eigenvalue weighted by Gasteiger charge is 2.48. The number of nitrogen functional groups attached to an aromatic ring is 1. The van der Waals surface area contributed by atoms with Crippen LogP contribution in [0.4, 0.5) is 14.6 Å². The Balaban J connectivity index is 1.34. The molecule has 0 saturated carbocycles. The number of nitrogens with two attached hydrogens (primary N) is 1. The first-order chi connectivity index (χ1) is 19.0. The summed E-state index contributed by atoms with van der Waals surface area (Å²) in [6.07, 6.45) is 4.44. The topological polar surface area (TPSA) is 128 Å². The minimum absolute atomic E-state index is 0.0155. The van der Waals surface area contributed by atoms with Crippen molar-refractivity contribution in [2.45, 2.75) is 51.6 Å². The van der Waals surface area contributed by atoms with Gasteiger partial charge in [-0.2, -0.15) is 8.78 Å². The number of fused-ring (bicyclic) bond motifs is 3. The van der Waals surface area contributed by atoms with E-state index in [1.807, 2.05) is 31.3 Å². The number of halogens is 2. The fourth-order valence-electron chi connectivity index (χ4n) is 4.56. The summed E-state index contributed by atoms with van der Waals surface area (Å²) >= 11 is 0. The molecule has 4 rings (SSSR count). The van der Waals surface area contributed by atoms with Gasteiger partial charge in [-0.1, -0.05) is 31.5 Å². The van der Waals surface area contributed by atoms with Gasteiger partial charge in [-0.15, -0.1) is 0 Å². The van der Waals surface area contributed by atoms with Crippen LogP contribution in [0.1, 0.15) is 42.0 Å². The van der Waals surface area contributed by atoms with Gasteiger partial charge in [0.15, 0.2) is 5.82 Å². The maximum atomic E-state index is 13.3. The fraction of sp³-hybridized carbons (Fsp3) is 0.379. The van der Waals surface area contributed by atoms with Gasteiger partial charge in [-0.05, 0) is 72.7 Å². The van der Waals surface area contributed by atoms with Crippen LogP contribution in [0.5, 0.6) is 5.75 Å². The number of aromatic nitrogens is 2. The van der Waals surface area contributed by atoms with Crippen LogP contribution in [0.3, 0.4) is 0 Å². The van der Waals surface area contributed by atoms with Crippen LogP contribution in [0.25, 0.3) is 21.8 Å². The van der Waals surface area contributed by atoms with Gasteiger partial charge in [0.25, 0.3) is 0 Å². The van der Waals surface area contributed by atoms with Gasteiger partial charge in [0, 0.05) is 23.4 Å². The standard InChI is InChI=1S/C29H34F2N3O5P/c1-3-4-20-6-10-24-25-16-21(18-33-27(25)28(32)34-26(24)17-20)5-7-22-8-9-23(15-19(22)2)39-14-13-38-12-11-29(30,31)40(35,36)37/h6,8-10,15-18H,3-5,7,11-14H2,1-2H3,(H2,32,34)(H2,35,36,37). The maximum Gasteiger partial charge on any atom is 0.394 e. The van der Waals surface area contributed by atoms with Crippen molar-refractivity contribution in [2.75, 3.05) is 25.6 Å². The molecule has 11 heteroatoms. The molecule has 40 heavy (non-hydrogen) atoms. The number of aryl methyl sites for hydroxylation is 4. The van der Waals surface area contributed by atoms with Crippen LogP contribution in [0.15, 0.2) is 48.7 Å². The number of anilines is 1. The second-order valence-corrected chi connectivity index (χ2v) is 11.6. The van der Waals surface area contributed by atoms with E-state index in [0.29, 0.717) is 17.1 Å². The third-order valence-corrected chi connectivity index (χ3v) is 7.86. The number of rotatable bonds is 13. The molecule has 0 fully saturated rings. The van der Waals surface area contributed by atoms with E-state index >= 15 is 0 Å². The van der Waals surface area contributed by atoms with Crippen molar-refractivity contribution < 1.29 is 32.6 Å². The summed E-state index contributed by atoms with van der Waals surface area (Å²) in [5.41, 5.74) is 8.27. The van der Waals surface area contributed by atoms with Crippen molar-refractivity contribution in [1.29, 1.82) is 0 Å². The Morgan fingerprint density at radius 3 is 2.50 bits per heavy atom. The Hall–Kier alpha value is -3.17. The Morgan fingerprint density at radius 1 is 0.975 bits per heavy atom. The monoisotopic (exact) mass is 573 g/mol. The number of hydrogen-bond donors (Lipinski definition) is 3. The third kappa shape index (κ3) is 7.12. The second-order valence-electron chi connectivity index (χ2n) is 9.85. The lowest BCUT2D eigenvalue weighted by Crippen LogP contribution is -2.20. The Bertz CT molecular complexity index is 1540. The molecular weight excluding hydrogens is 539 g/mol. The van der Waals surface area contributed by atoms with Crippen LogP contribution >= 0.6 is 7.60 Å². The zero-order chi connectivity index (χ0) is 28.9. The van der Waals surface area contributed by atoms with Crippen LogP contribution in [0, 0.1) is 6.92 Å². The minimum Gasteiger partial charge on any atom is -0.491 e. The number of alkyl halides is 2. The van der Waals surface area contributed by atoms with E-state index in [-0.39, 0.29) is 13.2 Å². The van der Waals surface area contributed by atoms with Crippen molar-refractivity contribution in [1.82, 2.24) is 9.97 Å². The molecular formula is C29H34F2N3O5P. The highest BCUT2D eigenvalue weighted by molar-refractivity contribution is 7.53. The lowest BCUT2D eigenvalue weighted by molar-refractivity contribution is 0.00973. The molecule has 0 bridgehead atoms. The number of pyridine rings is 2. The molecule has 0 aliphatic rings. The molecule has 0 aliphatic heterocycles. The van der Waals surface area contributed by atoms with Gasteiger partial charge in [-0.3, -0.25) is 9.55 Å². The van der Waals surface area contributed by atoms with Gasteiger partial charge in [0.05, 0.1) is 18.7 Å². The third-order valence-electron chi connectivity index (χ3n) is 6.79. The molecule has 2 heterocycles. The Kier molecular flexibility index (Phi) is 9.36. The Labute approximate surface area is 231 Å². The quantitative estimate of drug-likeness (QED) is 0.101. The van der Waals surface area contributed by atoms with Crippen molar-refractivity contribution in [3.63, 3.8) is 0 Å². The summed E-state index contributed by atoms with van der Waals surface area (Å²) in [5.74, 6) is 1.05. The van der Waals surface area contributed by atoms with Gasteiger partial charge >= 0.3 is 13.3 Å². The minimum atomic E-state index is -5.49. The largest absolute Gasteiger partial charge is 0.491 e. The summed E-state index contributed by atoms with van der Waals surface area (Å²) in [6, 6.07) is 14.2. The molecule has 214 valence electrons. The molecule has 0 aliphatic carbocycles. The lowest BCUT2D eigenvalue weighted by Gasteiger charge is -2.17. The molecule has 0 unspecified atom stereocenters. The zero-order valence-corrected chi connectivity index (χ0v) is 23.5. The van der Waals surface area contributed by atoms with Gasteiger partial charge in [-0.25, -0.2) is 4.98 Å². The van der Waals surface area contributed by atoms with E-state index in [1.165, 1.54) is 5.56 Å². The molecule has 0 spiro atoms. The molecule has 8 nitrogen and oxygen atoms in total. The molecule has 4 aromatic rings. The molecule has 0 saturated heterocycles. The second kappa shape index (κ2) is 12.6. The van der Waals surface area contributed by atoms with Gasteiger partial charge in [0.1, 0.15) is 17.9 Å². The molecule has 0 amide bonds. The summed E-state index contributed by atoms with van der Waals surface area (Å²) < 4.78 is 47.9. The first-order valence-electron chi connectivity index (χ1n) is 13.2. The average Bonchev–Trinajstić information content (AvgIpc) is 2.89. The Morgan fingerprint density at radius 2 is 1.77 bits per heavy atom. The molecule has 4 N–H and O–H groups in total. The SMILES string of the molecule is CCCc1ccc2c(c1)nc(N)c1ncc(CCc3ccc(OCCOCCC(F)(F)P(=O)(O)O)cc3C)cc12. The van der Waals surface area contributed by atoms with Crippen molar-refractivity contribution in [2.24, 2.45) is 0 Å². The predicted molar refractivity (Wildman–Crippen MR) is 152 cm³/mol. The lowest BCUT2D eigenvalue weighted by atomic mass is 9.99. The molecule has 0 radical (unpaired) electrons. The van der Waals surface area contributed by atoms with E-state index < -0.39 is 26.3 Å². The van der Waals surface area contributed by atoms with Gasteiger partial charge < -0.3 is 25.0 Å². The van der Waals surface area contributed by atoms with E-state index in [4.69, 9.17) is 25.0 Å². The van der Waals surface area contributed by atoms with Crippen molar-refractivity contribution in [3.8, 4) is 5.75 Å². The number of nitrogens with zero attached hydrogens (tertiary/aromatic N) is 2. The number of ether oxygens (including phenoxy) is 2. The predicted octanol–water partition coefficient (Wildman–Crippen LogP) is 5.97. The maximum absolute atomic E-state index is 13.3. The van der Waals surface area contributed by atoms with Crippen molar-refractivity contribution in [3.05, 3.63) is 70.9 Å². The van der Waals surface area contributed by atoms with Crippen LogP contribution in [-0.4, -0.2) is 45.2 Å². The summed E-state index contributed by atoms with van der Waals surface area (Å²) in [6.45, 7) is 3.80. The molecule has 2 aromatic carbocycles. The first kappa shape index (κ1) is 29.8. The van der Waals surface area contributed by atoms with Crippen LogP contribution < -0.4 is 10.5 Å². The summed E-state index contributed by atoms with van der Waals surface area (Å²) in [7, 11) is -5.49. The smallest absolute Gasteiger partial charge is 0.394 e. The zero-order valence-electron chi connectivity index (χ0n) is 22.6. The van der Waals surface area contributed by atoms with E-state index in [2.05, 4.69) is 41.2 Å². The number of benzene rings is 2. The van der Waals surface area contributed by atoms with Crippen molar-refractivity contribution >= 4 is 35.2 Å².